The van der Waals surface area contributed by atoms with Crippen molar-refractivity contribution in [3.8, 4) is 5.75 Å². The van der Waals surface area contributed by atoms with Gasteiger partial charge in [0.25, 0.3) is 0 Å². The Morgan fingerprint density at radius 2 is 1.94 bits per heavy atom. The summed E-state index contributed by atoms with van der Waals surface area (Å²) in [6.45, 7) is 4.41. The molecule has 0 fully saturated rings. The van der Waals surface area contributed by atoms with Crippen molar-refractivity contribution in [2.45, 2.75) is 39.6 Å². The first kappa shape index (κ1) is 25.6. The van der Waals surface area contributed by atoms with Crippen LogP contribution in [-0.4, -0.2) is 63.9 Å². The molecular formula is C19H27BN2O9S. The van der Waals surface area contributed by atoms with Gasteiger partial charge in [-0.1, -0.05) is 12.1 Å². The van der Waals surface area contributed by atoms with Crippen LogP contribution in [0.5, 0.6) is 5.75 Å². The van der Waals surface area contributed by atoms with E-state index in [1.807, 2.05) is 0 Å². The van der Waals surface area contributed by atoms with Crippen LogP contribution in [0.25, 0.3) is 0 Å². The molecule has 1 amide bonds. The molecule has 1 heterocycles. The van der Waals surface area contributed by atoms with E-state index in [2.05, 4.69) is 10.0 Å². The van der Waals surface area contributed by atoms with Gasteiger partial charge in [-0.25, -0.2) is 17.9 Å². The van der Waals surface area contributed by atoms with Crippen LogP contribution in [0.4, 0.5) is 0 Å². The Labute approximate surface area is 187 Å². The Kier molecular flexibility index (Phi) is 8.26. The van der Waals surface area contributed by atoms with Gasteiger partial charge >= 0.3 is 19.1 Å². The predicted octanol–water partition coefficient (Wildman–Crippen LogP) is -0.231. The fraction of sp³-hybridized carbons (Fsp3) is 0.526. The van der Waals surface area contributed by atoms with Crippen LogP contribution >= 0.6 is 0 Å². The standard InChI is InChI=1S/C19H27BN2O9S/c1-19(2,3)18(25)30-11-29-17(24)13-7-5-6-12-10-14(20(26)31-16(12)13)22-15(23)8-9-32(27,28)21-4/h5-7,14,21,26H,8-11H2,1-4H3,(H,22,23)/t14-/m0/s1. The van der Waals surface area contributed by atoms with Crippen LogP contribution < -0.4 is 14.7 Å². The molecule has 13 heteroatoms. The summed E-state index contributed by atoms with van der Waals surface area (Å²) in [6, 6.07) is 4.67. The minimum atomic E-state index is -3.54. The van der Waals surface area contributed by atoms with Crippen molar-refractivity contribution < 1.29 is 42.0 Å². The summed E-state index contributed by atoms with van der Waals surface area (Å²) in [5.74, 6) is -3.06. The Hall–Kier alpha value is -2.64. The van der Waals surface area contributed by atoms with Crippen molar-refractivity contribution in [2.24, 2.45) is 5.41 Å². The van der Waals surface area contributed by atoms with Crippen LogP contribution in [0.15, 0.2) is 18.2 Å². The lowest BCUT2D eigenvalue weighted by atomic mass is 9.72. The lowest BCUT2D eigenvalue weighted by Gasteiger charge is -2.29. The third kappa shape index (κ3) is 6.94. The van der Waals surface area contributed by atoms with Gasteiger partial charge in [-0.05, 0) is 45.9 Å². The van der Waals surface area contributed by atoms with Crippen molar-refractivity contribution in [1.29, 1.82) is 0 Å². The van der Waals surface area contributed by atoms with Crippen LogP contribution in [0.3, 0.4) is 0 Å². The van der Waals surface area contributed by atoms with E-state index in [-0.39, 0.29) is 24.2 Å². The zero-order chi connectivity index (χ0) is 24.1. The number of ether oxygens (including phenoxy) is 2. The smallest absolute Gasteiger partial charge is 0.534 e. The van der Waals surface area contributed by atoms with Gasteiger partial charge in [-0.2, -0.15) is 0 Å². The SMILES string of the molecule is CNS(=O)(=O)CCC(=O)N[C@H]1Cc2cccc(C(=O)OCOC(=O)C(C)(C)C)c2OB1O. The van der Waals surface area contributed by atoms with E-state index < -0.39 is 58.9 Å². The quantitative estimate of drug-likeness (QED) is 0.265. The van der Waals surface area contributed by atoms with E-state index in [9.17, 15) is 27.8 Å². The lowest BCUT2D eigenvalue weighted by Crippen LogP contribution is -2.53. The van der Waals surface area contributed by atoms with Gasteiger partial charge < -0.3 is 24.5 Å². The van der Waals surface area contributed by atoms with Crippen molar-refractivity contribution in [2.75, 3.05) is 19.6 Å². The molecule has 1 atom stereocenters. The normalized spacial score (nSPS) is 15.9. The average Bonchev–Trinajstić information content (AvgIpc) is 2.71. The number of esters is 2. The minimum Gasteiger partial charge on any atom is -0.534 e. The molecule has 3 N–H and O–H groups in total. The minimum absolute atomic E-state index is 0.0262. The second-order valence-electron chi connectivity index (χ2n) is 8.18. The second-order valence-corrected chi connectivity index (χ2v) is 10.2. The summed E-state index contributed by atoms with van der Waals surface area (Å²) in [5.41, 5.74) is -0.190. The molecule has 32 heavy (non-hydrogen) atoms. The molecule has 11 nitrogen and oxygen atoms in total. The Bertz CT molecular complexity index is 976. The molecule has 0 spiro atoms. The van der Waals surface area contributed by atoms with E-state index >= 15 is 0 Å². The molecule has 1 aliphatic rings. The van der Waals surface area contributed by atoms with Crippen LogP contribution in [0, 0.1) is 5.41 Å². The van der Waals surface area contributed by atoms with Crippen molar-refractivity contribution >= 4 is 35.0 Å². The summed E-state index contributed by atoms with van der Waals surface area (Å²) < 4.78 is 40.4. The first-order valence-electron chi connectivity index (χ1n) is 9.85. The highest BCUT2D eigenvalue weighted by atomic mass is 32.2. The van der Waals surface area contributed by atoms with Gasteiger partial charge in [-0.3, -0.25) is 9.59 Å². The van der Waals surface area contributed by atoms with Crippen LogP contribution in [-0.2, 0) is 35.5 Å². The van der Waals surface area contributed by atoms with Gasteiger partial charge in [-0.15, -0.1) is 0 Å². The van der Waals surface area contributed by atoms with Gasteiger partial charge in [0.2, 0.25) is 22.7 Å². The first-order valence-corrected chi connectivity index (χ1v) is 11.5. The summed E-state index contributed by atoms with van der Waals surface area (Å²) in [7, 11) is -3.76. The largest absolute Gasteiger partial charge is 0.547 e. The number of benzene rings is 1. The number of hydrogen-bond acceptors (Lipinski definition) is 9. The van der Waals surface area contributed by atoms with E-state index in [0.717, 1.165) is 0 Å². The van der Waals surface area contributed by atoms with E-state index in [1.165, 1.54) is 13.1 Å². The number of carbonyl (C=O) groups excluding carboxylic acids is 3. The van der Waals surface area contributed by atoms with Gasteiger partial charge in [0.1, 0.15) is 11.3 Å². The van der Waals surface area contributed by atoms with Crippen LogP contribution in [0.2, 0.25) is 0 Å². The summed E-state index contributed by atoms with van der Waals surface area (Å²) in [5, 5.41) is 12.8. The highest BCUT2D eigenvalue weighted by Crippen LogP contribution is 2.30. The molecule has 0 aromatic heterocycles. The summed E-state index contributed by atoms with van der Waals surface area (Å²) in [4.78, 5) is 36.2. The predicted molar refractivity (Wildman–Crippen MR) is 114 cm³/mol. The molecule has 0 unspecified atom stereocenters. The number of fused-ring (bicyclic) bond motifs is 1. The number of sulfonamides is 1. The molecule has 0 saturated carbocycles. The molecule has 1 aliphatic heterocycles. The van der Waals surface area contributed by atoms with Crippen molar-refractivity contribution in [3.05, 3.63) is 29.3 Å². The molecule has 176 valence electrons. The average molecular weight is 470 g/mol. The van der Waals surface area contributed by atoms with E-state index in [4.69, 9.17) is 14.1 Å². The van der Waals surface area contributed by atoms with E-state index in [1.54, 1.807) is 32.9 Å². The third-order valence-electron chi connectivity index (χ3n) is 4.59. The zero-order valence-corrected chi connectivity index (χ0v) is 19.2. The van der Waals surface area contributed by atoms with Crippen molar-refractivity contribution in [1.82, 2.24) is 10.0 Å². The molecule has 1 aromatic rings. The van der Waals surface area contributed by atoms with Gasteiger partial charge in [0, 0.05) is 6.42 Å². The molecular weight excluding hydrogens is 443 g/mol. The van der Waals surface area contributed by atoms with Gasteiger partial charge in [0.05, 0.1) is 17.1 Å². The van der Waals surface area contributed by atoms with Crippen molar-refractivity contribution in [3.63, 3.8) is 0 Å². The fourth-order valence-electron chi connectivity index (χ4n) is 2.75. The second kappa shape index (κ2) is 10.3. The maximum atomic E-state index is 12.4. The monoisotopic (exact) mass is 470 g/mol. The maximum Gasteiger partial charge on any atom is 0.547 e. The molecule has 0 bridgehead atoms. The first-order chi connectivity index (χ1) is 14.8. The third-order valence-corrected chi connectivity index (χ3v) is 5.95. The fourth-order valence-corrected chi connectivity index (χ4v) is 3.41. The van der Waals surface area contributed by atoms with E-state index in [0.29, 0.717) is 5.56 Å². The lowest BCUT2D eigenvalue weighted by molar-refractivity contribution is -0.161. The highest BCUT2D eigenvalue weighted by Gasteiger charge is 2.38. The number of carbonyl (C=O) groups is 3. The molecule has 0 saturated heterocycles. The van der Waals surface area contributed by atoms with Gasteiger partial charge in [0.15, 0.2) is 0 Å². The molecule has 0 aliphatic carbocycles. The number of hydrogen-bond donors (Lipinski definition) is 3. The molecule has 1 aromatic carbocycles. The number of para-hydroxylation sites is 1. The molecule has 0 radical (unpaired) electrons. The number of rotatable bonds is 8. The van der Waals surface area contributed by atoms with Crippen LogP contribution in [0.1, 0.15) is 43.1 Å². The Morgan fingerprint density at radius 1 is 1.25 bits per heavy atom. The molecule has 2 rings (SSSR count). The topological polar surface area (TPSA) is 157 Å². The number of amides is 1. The summed E-state index contributed by atoms with van der Waals surface area (Å²) in [6.07, 6.45) is -0.153. The zero-order valence-electron chi connectivity index (χ0n) is 18.3. The Morgan fingerprint density at radius 3 is 2.56 bits per heavy atom. The number of nitrogens with one attached hydrogen (secondary N) is 2. The Balaban J connectivity index is 2.01. The maximum absolute atomic E-state index is 12.4. The summed E-state index contributed by atoms with van der Waals surface area (Å²) >= 11 is 0. The highest BCUT2D eigenvalue weighted by molar-refractivity contribution is 7.89.